The zero-order valence-electron chi connectivity index (χ0n) is 17.0. The summed E-state index contributed by atoms with van der Waals surface area (Å²) in [6.45, 7) is 7.37. The van der Waals surface area contributed by atoms with Gasteiger partial charge in [0.25, 0.3) is 0 Å². The van der Waals surface area contributed by atoms with Crippen LogP contribution in [0.15, 0.2) is 48.8 Å². The van der Waals surface area contributed by atoms with Crippen molar-refractivity contribution >= 4 is 28.5 Å². The molecule has 5 rings (SSSR count). The number of aromatic nitrogens is 3. The number of para-hydroxylation sites is 2. The maximum atomic E-state index is 6.55. The van der Waals surface area contributed by atoms with Crippen LogP contribution < -0.4 is 4.90 Å². The van der Waals surface area contributed by atoms with E-state index in [2.05, 4.69) is 45.1 Å². The van der Waals surface area contributed by atoms with Crippen molar-refractivity contribution in [3.8, 4) is 11.4 Å². The molecule has 6 heteroatoms. The minimum absolute atomic E-state index is 0.384. The molecule has 0 unspecified atom stereocenters. The number of anilines is 1. The van der Waals surface area contributed by atoms with Gasteiger partial charge in [-0.2, -0.15) is 0 Å². The van der Waals surface area contributed by atoms with E-state index in [1.165, 1.54) is 18.5 Å². The van der Waals surface area contributed by atoms with Gasteiger partial charge >= 0.3 is 0 Å². The van der Waals surface area contributed by atoms with Gasteiger partial charge in [-0.15, -0.1) is 0 Å². The van der Waals surface area contributed by atoms with Crippen molar-refractivity contribution < 1.29 is 0 Å². The van der Waals surface area contributed by atoms with E-state index in [1.54, 1.807) is 6.20 Å². The molecule has 0 saturated carbocycles. The maximum absolute atomic E-state index is 6.55. The quantitative estimate of drug-likeness (QED) is 0.615. The fourth-order valence-electron chi connectivity index (χ4n) is 4.94. The molecule has 0 radical (unpaired) electrons. The first-order chi connectivity index (χ1) is 14.0. The van der Waals surface area contributed by atoms with E-state index in [-0.39, 0.29) is 0 Å². The zero-order valence-corrected chi connectivity index (χ0v) is 17.8. The third-order valence-electron chi connectivity index (χ3n) is 6.71. The molecule has 2 aliphatic heterocycles. The number of hydrogen-bond acceptors (Lipinski definition) is 4. The second-order valence-corrected chi connectivity index (χ2v) is 9.00. The van der Waals surface area contributed by atoms with Gasteiger partial charge in [0.15, 0.2) is 0 Å². The molecule has 2 aromatic heterocycles. The summed E-state index contributed by atoms with van der Waals surface area (Å²) < 4.78 is 2.10. The molecule has 5 nitrogen and oxygen atoms in total. The van der Waals surface area contributed by atoms with Crippen molar-refractivity contribution in [3.63, 3.8) is 0 Å². The van der Waals surface area contributed by atoms with E-state index in [1.807, 2.05) is 25.2 Å². The SMILES string of the molecule is C=C1CC2(CCN(c3cc(-c4nc5ccccc5n4C)c(Cl)cn3)CC2)CN1C. The van der Waals surface area contributed by atoms with Crippen LogP contribution in [0.2, 0.25) is 5.02 Å². The number of imidazole rings is 1. The molecule has 0 N–H and O–H groups in total. The van der Waals surface area contributed by atoms with E-state index < -0.39 is 0 Å². The third-order valence-corrected chi connectivity index (χ3v) is 7.01. The first-order valence-electron chi connectivity index (χ1n) is 10.2. The van der Waals surface area contributed by atoms with Crippen molar-refractivity contribution in [2.75, 3.05) is 31.6 Å². The Balaban J connectivity index is 1.43. The number of halogens is 1. The molecular formula is C23H26ClN5. The second-order valence-electron chi connectivity index (χ2n) is 8.59. The lowest BCUT2D eigenvalue weighted by Gasteiger charge is -2.39. The lowest BCUT2D eigenvalue weighted by molar-refractivity contribution is 0.222. The Morgan fingerprint density at radius 3 is 2.59 bits per heavy atom. The molecule has 1 aromatic carbocycles. The predicted molar refractivity (Wildman–Crippen MR) is 119 cm³/mol. The van der Waals surface area contributed by atoms with Gasteiger partial charge in [0.2, 0.25) is 0 Å². The molecule has 3 aromatic rings. The van der Waals surface area contributed by atoms with Gasteiger partial charge in [-0.25, -0.2) is 9.97 Å². The van der Waals surface area contributed by atoms with Crippen molar-refractivity contribution in [1.82, 2.24) is 19.4 Å². The van der Waals surface area contributed by atoms with Crippen LogP contribution in [0.25, 0.3) is 22.4 Å². The van der Waals surface area contributed by atoms with Crippen LogP contribution in [0, 0.1) is 5.41 Å². The molecule has 4 heterocycles. The van der Waals surface area contributed by atoms with Gasteiger partial charge < -0.3 is 14.4 Å². The maximum Gasteiger partial charge on any atom is 0.142 e. The van der Waals surface area contributed by atoms with Gasteiger partial charge in [-0.05, 0) is 42.9 Å². The van der Waals surface area contributed by atoms with Gasteiger partial charge in [-0.1, -0.05) is 30.3 Å². The van der Waals surface area contributed by atoms with E-state index in [0.29, 0.717) is 10.4 Å². The number of likely N-dealkylation sites (tertiary alicyclic amines) is 1. The number of allylic oxidation sites excluding steroid dienone is 1. The summed E-state index contributed by atoms with van der Waals surface area (Å²) in [6.07, 6.45) is 5.22. The summed E-state index contributed by atoms with van der Waals surface area (Å²) in [5.41, 5.74) is 4.67. The molecule has 2 fully saturated rings. The number of rotatable bonds is 2. The molecule has 29 heavy (non-hydrogen) atoms. The smallest absolute Gasteiger partial charge is 0.142 e. The summed E-state index contributed by atoms with van der Waals surface area (Å²) in [5, 5.41) is 0.634. The number of nitrogens with zero attached hydrogens (tertiary/aromatic N) is 5. The first-order valence-corrected chi connectivity index (χ1v) is 10.5. The summed E-state index contributed by atoms with van der Waals surface area (Å²) in [7, 11) is 4.20. The van der Waals surface area contributed by atoms with Gasteiger partial charge in [0.05, 0.1) is 16.1 Å². The highest BCUT2D eigenvalue weighted by Gasteiger charge is 2.41. The number of pyridine rings is 1. The van der Waals surface area contributed by atoms with Gasteiger partial charge in [0.1, 0.15) is 11.6 Å². The molecule has 0 amide bonds. The average Bonchev–Trinajstić information content (AvgIpc) is 3.19. The van der Waals surface area contributed by atoms with Crippen LogP contribution in [0.4, 0.5) is 5.82 Å². The van der Waals surface area contributed by atoms with Crippen LogP contribution in [-0.2, 0) is 7.05 Å². The molecule has 2 aliphatic rings. The van der Waals surface area contributed by atoms with Crippen LogP contribution in [0.1, 0.15) is 19.3 Å². The summed E-state index contributed by atoms with van der Waals surface area (Å²) in [6, 6.07) is 10.3. The predicted octanol–water partition coefficient (Wildman–Crippen LogP) is 4.72. The highest BCUT2D eigenvalue weighted by atomic mass is 35.5. The van der Waals surface area contributed by atoms with Crippen LogP contribution in [0.5, 0.6) is 0 Å². The van der Waals surface area contributed by atoms with E-state index >= 15 is 0 Å². The Morgan fingerprint density at radius 2 is 1.90 bits per heavy atom. The Kier molecular flexibility index (Phi) is 4.32. The first kappa shape index (κ1) is 18.5. The van der Waals surface area contributed by atoms with Crippen LogP contribution >= 0.6 is 11.6 Å². The van der Waals surface area contributed by atoms with Crippen molar-refractivity contribution in [3.05, 3.63) is 53.8 Å². The molecule has 150 valence electrons. The highest BCUT2D eigenvalue weighted by molar-refractivity contribution is 6.33. The van der Waals surface area contributed by atoms with Gasteiger partial charge in [-0.3, -0.25) is 0 Å². The molecular weight excluding hydrogens is 382 g/mol. The highest BCUT2D eigenvalue weighted by Crippen LogP contribution is 2.44. The van der Waals surface area contributed by atoms with E-state index in [9.17, 15) is 0 Å². The number of fused-ring (bicyclic) bond motifs is 1. The Hall–Kier alpha value is -2.53. The number of aryl methyl sites for hydroxylation is 1. The largest absolute Gasteiger partial charge is 0.378 e. The second kappa shape index (κ2) is 6.77. The Labute approximate surface area is 176 Å². The average molecular weight is 408 g/mol. The van der Waals surface area contributed by atoms with Crippen molar-refractivity contribution in [2.45, 2.75) is 19.3 Å². The molecule has 0 atom stereocenters. The molecule has 0 aliphatic carbocycles. The monoisotopic (exact) mass is 407 g/mol. The van der Waals surface area contributed by atoms with Crippen molar-refractivity contribution in [2.24, 2.45) is 12.5 Å². The minimum atomic E-state index is 0.384. The fraction of sp³-hybridized carbons (Fsp3) is 0.391. The Morgan fingerprint density at radius 1 is 1.14 bits per heavy atom. The van der Waals surface area contributed by atoms with Crippen LogP contribution in [-0.4, -0.2) is 46.1 Å². The number of hydrogen-bond donors (Lipinski definition) is 0. The standard InChI is InChI=1S/C23H26ClN5/c1-16-13-23(15-27(16)2)8-10-29(11-9-23)21-12-17(18(24)14-25-21)22-26-19-6-4-5-7-20(19)28(22)3/h4-7,12,14H,1,8-11,13,15H2,2-3H3. The third kappa shape index (κ3) is 3.08. The lowest BCUT2D eigenvalue weighted by Crippen LogP contribution is -2.41. The van der Waals surface area contributed by atoms with Crippen molar-refractivity contribution in [1.29, 1.82) is 0 Å². The molecule has 1 spiro atoms. The summed E-state index contributed by atoms with van der Waals surface area (Å²) in [5.74, 6) is 1.86. The Bertz CT molecular complexity index is 1090. The zero-order chi connectivity index (χ0) is 20.2. The molecule has 0 bridgehead atoms. The number of piperidine rings is 1. The number of benzene rings is 1. The lowest BCUT2D eigenvalue weighted by atomic mass is 9.77. The normalized spacial score (nSPS) is 18.9. The van der Waals surface area contributed by atoms with E-state index in [4.69, 9.17) is 16.6 Å². The van der Waals surface area contributed by atoms with E-state index in [0.717, 1.165) is 54.3 Å². The summed E-state index contributed by atoms with van der Waals surface area (Å²) in [4.78, 5) is 14.2. The summed E-state index contributed by atoms with van der Waals surface area (Å²) >= 11 is 6.55. The van der Waals surface area contributed by atoms with Crippen LogP contribution in [0.3, 0.4) is 0 Å². The minimum Gasteiger partial charge on any atom is -0.378 e. The topological polar surface area (TPSA) is 37.2 Å². The molecule has 2 saturated heterocycles. The van der Waals surface area contributed by atoms with Gasteiger partial charge in [0, 0.05) is 51.2 Å². The fourth-order valence-corrected chi connectivity index (χ4v) is 5.13.